The lowest BCUT2D eigenvalue weighted by Gasteiger charge is -2.13. The van der Waals surface area contributed by atoms with Crippen molar-refractivity contribution < 1.29 is 23.1 Å². The fourth-order valence-corrected chi connectivity index (χ4v) is 3.98. The van der Waals surface area contributed by atoms with E-state index in [4.69, 9.17) is 10.8 Å². The molecule has 100 valence electrons. The van der Waals surface area contributed by atoms with Crippen LogP contribution in [0, 0.1) is 6.92 Å². The minimum Gasteiger partial charge on any atom is -0.477 e. The number of nitrogens with zero attached hydrogens (tertiary/aromatic N) is 1. The van der Waals surface area contributed by atoms with Crippen LogP contribution in [0.15, 0.2) is 10.3 Å². The SMILES string of the molecule is Cc1cc(S(=O)(=O)N(C)CC(N)=O)sc1C(=O)O. The fourth-order valence-electron chi connectivity index (χ4n) is 1.25. The maximum Gasteiger partial charge on any atom is 0.346 e. The Morgan fingerprint density at radius 1 is 1.50 bits per heavy atom. The molecule has 0 spiro atoms. The zero-order valence-electron chi connectivity index (χ0n) is 9.71. The molecule has 0 saturated heterocycles. The molecule has 7 nitrogen and oxygen atoms in total. The van der Waals surface area contributed by atoms with Gasteiger partial charge >= 0.3 is 5.97 Å². The van der Waals surface area contributed by atoms with Gasteiger partial charge in [0.1, 0.15) is 9.09 Å². The number of carbonyl (C=O) groups excluding carboxylic acids is 1. The van der Waals surface area contributed by atoms with Gasteiger partial charge in [0.25, 0.3) is 10.0 Å². The molecule has 1 aromatic rings. The second-order valence-electron chi connectivity index (χ2n) is 3.61. The number of aryl methyl sites for hydroxylation is 1. The zero-order chi connectivity index (χ0) is 14.1. The first kappa shape index (κ1) is 14.6. The van der Waals surface area contributed by atoms with Gasteiger partial charge in [-0.2, -0.15) is 4.31 Å². The molecule has 0 fully saturated rings. The molecule has 0 aromatic carbocycles. The van der Waals surface area contributed by atoms with Crippen molar-refractivity contribution in [3.8, 4) is 0 Å². The highest BCUT2D eigenvalue weighted by atomic mass is 32.2. The highest BCUT2D eigenvalue weighted by Crippen LogP contribution is 2.27. The normalized spacial score (nSPS) is 11.7. The number of aromatic carboxylic acids is 1. The molecule has 0 unspecified atom stereocenters. The minimum absolute atomic E-state index is 0.0407. The first-order chi connectivity index (χ1) is 8.16. The summed E-state index contributed by atoms with van der Waals surface area (Å²) in [6.45, 7) is 1.05. The van der Waals surface area contributed by atoms with Crippen molar-refractivity contribution in [1.82, 2.24) is 4.31 Å². The van der Waals surface area contributed by atoms with Crippen LogP contribution in [0.25, 0.3) is 0 Å². The molecule has 0 saturated carbocycles. The summed E-state index contributed by atoms with van der Waals surface area (Å²) in [6, 6.07) is 1.26. The minimum atomic E-state index is -3.88. The summed E-state index contributed by atoms with van der Waals surface area (Å²) in [7, 11) is -2.68. The summed E-state index contributed by atoms with van der Waals surface area (Å²) in [5.74, 6) is -1.97. The van der Waals surface area contributed by atoms with E-state index in [0.717, 1.165) is 4.31 Å². The quantitative estimate of drug-likeness (QED) is 0.783. The molecule has 1 amide bonds. The molecule has 0 aliphatic rings. The van der Waals surface area contributed by atoms with Crippen molar-refractivity contribution in [2.45, 2.75) is 11.1 Å². The highest BCUT2D eigenvalue weighted by molar-refractivity contribution is 7.91. The smallest absolute Gasteiger partial charge is 0.346 e. The van der Waals surface area contributed by atoms with Crippen molar-refractivity contribution in [3.05, 3.63) is 16.5 Å². The summed E-state index contributed by atoms with van der Waals surface area (Å²) in [6.07, 6.45) is 0. The Labute approximate surface area is 108 Å². The van der Waals surface area contributed by atoms with E-state index in [2.05, 4.69) is 0 Å². The summed E-state index contributed by atoms with van der Waals surface area (Å²) in [4.78, 5) is 21.5. The molecule has 1 aromatic heterocycles. The van der Waals surface area contributed by atoms with E-state index in [-0.39, 0.29) is 9.09 Å². The molecular weight excluding hydrogens is 280 g/mol. The van der Waals surface area contributed by atoms with Crippen molar-refractivity contribution in [3.63, 3.8) is 0 Å². The molecule has 0 radical (unpaired) electrons. The number of rotatable bonds is 5. The summed E-state index contributed by atoms with van der Waals surface area (Å²) in [5.41, 5.74) is 5.28. The van der Waals surface area contributed by atoms with Gasteiger partial charge in [0.2, 0.25) is 5.91 Å². The van der Waals surface area contributed by atoms with Crippen molar-refractivity contribution in [2.24, 2.45) is 5.73 Å². The lowest BCUT2D eigenvalue weighted by atomic mass is 10.3. The van der Waals surface area contributed by atoms with Gasteiger partial charge < -0.3 is 10.8 Å². The van der Waals surface area contributed by atoms with Crippen LogP contribution in [-0.4, -0.2) is 43.3 Å². The summed E-state index contributed by atoms with van der Waals surface area (Å²) >= 11 is 0.649. The summed E-state index contributed by atoms with van der Waals surface area (Å²) < 4.78 is 24.6. The molecule has 3 N–H and O–H groups in total. The van der Waals surface area contributed by atoms with E-state index in [1.54, 1.807) is 0 Å². The van der Waals surface area contributed by atoms with Gasteiger partial charge in [0, 0.05) is 7.05 Å². The van der Waals surface area contributed by atoms with Gasteiger partial charge in [-0.3, -0.25) is 4.79 Å². The molecule has 0 atom stereocenters. The number of carboxylic acids is 1. The van der Waals surface area contributed by atoms with E-state index in [9.17, 15) is 18.0 Å². The Balaban J connectivity index is 3.17. The molecule has 9 heteroatoms. The monoisotopic (exact) mass is 292 g/mol. The van der Waals surface area contributed by atoms with Crippen LogP contribution in [0.4, 0.5) is 0 Å². The van der Waals surface area contributed by atoms with E-state index in [0.29, 0.717) is 16.9 Å². The van der Waals surface area contributed by atoms with Crippen LogP contribution in [-0.2, 0) is 14.8 Å². The van der Waals surface area contributed by atoms with Crippen LogP contribution < -0.4 is 5.73 Å². The first-order valence-electron chi connectivity index (χ1n) is 4.74. The number of hydrogen-bond acceptors (Lipinski definition) is 5. The molecule has 0 aliphatic carbocycles. The van der Waals surface area contributed by atoms with Gasteiger partial charge in [-0.1, -0.05) is 0 Å². The second-order valence-corrected chi connectivity index (χ2v) is 6.93. The average Bonchev–Trinajstić information content (AvgIpc) is 2.59. The molecule has 1 heterocycles. The van der Waals surface area contributed by atoms with Crippen LogP contribution in [0.5, 0.6) is 0 Å². The number of nitrogens with two attached hydrogens (primary N) is 1. The van der Waals surface area contributed by atoms with E-state index < -0.39 is 28.4 Å². The van der Waals surface area contributed by atoms with Crippen molar-refractivity contribution >= 4 is 33.2 Å². The summed E-state index contributed by atoms with van der Waals surface area (Å²) in [5, 5.41) is 8.86. The lowest BCUT2D eigenvalue weighted by Crippen LogP contribution is -2.35. The first-order valence-corrected chi connectivity index (χ1v) is 7.00. The largest absolute Gasteiger partial charge is 0.477 e. The number of sulfonamides is 1. The predicted molar refractivity (Wildman–Crippen MR) is 65.0 cm³/mol. The fraction of sp³-hybridized carbons (Fsp3) is 0.333. The van der Waals surface area contributed by atoms with Crippen LogP contribution in [0.3, 0.4) is 0 Å². The molecule has 18 heavy (non-hydrogen) atoms. The lowest BCUT2D eigenvalue weighted by molar-refractivity contribution is -0.118. The predicted octanol–water partition coefficient (Wildman–Crippen LogP) is -0.139. The van der Waals surface area contributed by atoms with Crippen LogP contribution in [0.1, 0.15) is 15.2 Å². The zero-order valence-corrected chi connectivity index (χ0v) is 11.3. The molecule has 1 rings (SSSR count). The third-order valence-electron chi connectivity index (χ3n) is 2.13. The second kappa shape index (κ2) is 5.04. The Morgan fingerprint density at radius 3 is 2.44 bits per heavy atom. The number of carboxylic acid groups (broad SMARTS) is 1. The maximum absolute atomic E-state index is 12.0. The van der Waals surface area contributed by atoms with Gasteiger partial charge in [0.05, 0.1) is 6.54 Å². The maximum atomic E-state index is 12.0. The average molecular weight is 292 g/mol. The highest BCUT2D eigenvalue weighted by Gasteiger charge is 2.26. The van der Waals surface area contributed by atoms with Crippen molar-refractivity contribution in [2.75, 3.05) is 13.6 Å². The van der Waals surface area contributed by atoms with E-state index in [1.807, 2.05) is 0 Å². The van der Waals surface area contributed by atoms with Gasteiger partial charge in [-0.15, -0.1) is 11.3 Å². The van der Waals surface area contributed by atoms with Crippen LogP contribution in [0.2, 0.25) is 0 Å². The van der Waals surface area contributed by atoms with E-state index >= 15 is 0 Å². The molecule has 0 aliphatic heterocycles. The third kappa shape index (κ3) is 2.86. The molecular formula is C9H12N2O5S2. The van der Waals surface area contributed by atoms with Crippen molar-refractivity contribution in [1.29, 1.82) is 0 Å². The van der Waals surface area contributed by atoms with Crippen LogP contribution >= 0.6 is 11.3 Å². The van der Waals surface area contributed by atoms with Gasteiger partial charge in [-0.05, 0) is 18.6 Å². The van der Waals surface area contributed by atoms with E-state index in [1.165, 1.54) is 20.0 Å². The Morgan fingerprint density at radius 2 is 2.06 bits per heavy atom. The number of thiophene rings is 1. The Bertz CT molecular complexity index is 590. The number of hydrogen-bond donors (Lipinski definition) is 2. The number of carbonyl (C=O) groups is 2. The Kier molecular flexibility index (Phi) is 4.09. The third-order valence-corrected chi connectivity index (χ3v) is 5.61. The Hall–Kier alpha value is -1.45. The number of primary amides is 1. The topological polar surface area (TPSA) is 118 Å². The number of likely N-dealkylation sites (N-methyl/N-ethyl adjacent to an activating group) is 1. The van der Waals surface area contributed by atoms with Gasteiger partial charge in [-0.25, -0.2) is 13.2 Å². The number of amides is 1. The van der Waals surface area contributed by atoms with Gasteiger partial charge in [0.15, 0.2) is 0 Å². The molecule has 0 bridgehead atoms. The standard InChI is InChI=1S/C9H12N2O5S2/c1-5-3-7(17-8(5)9(13)14)18(15,16)11(2)4-6(10)12/h3H,4H2,1-2H3,(H2,10,12)(H,13,14).